The van der Waals surface area contributed by atoms with Crippen molar-refractivity contribution in [3.63, 3.8) is 0 Å². The van der Waals surface area contributed by atoms with Crippen LogP contribution in [-0.2, 0) is 6.18 Å². The molecule has 6 heteroatoms. The first-order chi connectivity index (χ1) is 12.5. The van der Waals surface area contributed by atoms with Gasteiger partial charge < -0.3 is 10.1 Å². The van der Waals surface area contributed by atoms with Crippen molar-refractivity contribution in [3.05, 3.63) is 65.2 Å². The Hall–Kier alpha value is -2.05. The molecule has 1 saturated heterocycles. The van der Waals surface area contributed by atoms with E-state index < -0.39 is 11.7 Å². The quantitative estimate of drug-likeness (QED) is 0.865. The molecule has 1 fully saturated rings. The molecule has 1 aliphatic heterocycles. The highest BCUT2D eigenvalue weighted by atomic mass is 19.4. The van der Waals surface area contributed by atoms with Crippen molar-refractivity contribution in [1.29, 1.82) is 0 Å². The molecule has 0 bridgehead atoms. The fourth-order valence-corrected chi connectivity index (χ4v) is 3.35. The van der Waals surface area contributed by atoms with E-state index in [-0.39, 0.29) is 6.04 Å². The predicted octanol–water partition coefficient (Wildman–Crippen LogP) is 4.10. The zero-order valence-corrected chi connectivity index (χ0v) is 14.7. The Morgan fingerprint density at radius 3 is 2.35 bits per heavy atom. The lowest BCUT2D eigenvalue weighted by molar-refractivity contribution is -0.137. The molecule has 3 nitrogen and oxygen atoms in total. The van der Waals surface area contributed by atoms with Crippen LogP contribution in [0.15, 0.2) is 48.5 Å². The minimum absolute atomic E-state index is 0.0974. The number of rotatable bonds is 5. The number of alkyl halides is 3. The topological polar surface area (TPSA) is 24.5 Å². The van der Waals surface area contributed by atoms with Crippen molar-refractivity contribution in [2.45, 2.75) is 19.1 Å². The van der Waals surface area contributed by atoms with Gasteiger partial charge in [0.25, 0.3) is 0 Å². The summed E-state index contributed by atoms with van der Waals surface area (Å²) in [5.74, 6) is 0.775. The zero-order valence-electron chi connectivity index (χ0n) is 14.7. The van der Waals surface area contributed by atoms with Crippen LogP contribution in [0.5, 0.6) is 5.75 Å². The fourth-order valence-electron chi connectivity index (χ4n) is 3.35. The maximum absolute atomic E-state index is 12.9. The van der Waals surface area contributed by atoms with E-state index in [1.54, 1.807) is 12.1 Å². The van der Waals surface area contributed by atoms with Gasteiger partial charge in [0, 0.05) is 26.2 Å². The molecule has 1 heterocycles. The van der Waals surface area contributed by atoms with Crippen LogP contribution in [0.4, 0.5) is 13.2 Å². The number of hydrogen-bond donors (Lipinski definition) is 1. The minimum atomic E-state index is -4.32. The Bertz CT molecular complexity index is 710. The number of benzene rings is 2. The average Bonchev–Trinajstić information content (AvgIpc) is 2.63. The molecule has 3 rings (SSSR count). The Labute approximate surface area is 151 Å². The third-order valence-electron chi connectivity index (χ3n) is 4.56. The second-order valence-corrected chi connectivity index (χ2v) is 6.31. The van der Waals surface area contributed by atoms with Gasteiger partial charge in [0.15, 0.2) is 0 Å². The highest BCUT2D eigenvalue weighted by Gasteiger charge is 2.31. The van der Waals surface area contributed by atoms with E-state index in [1.807, 2.05) is 31.2 Å². The third-order valence-corrected chi connectivity index (χ3v) is 4.56. The lowest BCUT2D eigenvalue weighted by Crippen LogP contribution is -2.45. The van der Waals surface area contributed by atoms with E-state index >= 15 is 0 Å². The van der Waals surface area contributed by atoms with Gasteiger partial charge in [-0.05, 0) is 42.3 Å². The maximum atomic E-state index is 12.9. The second kappa shape index (κ2) is 8.10. The second-order valence-electron chi connectivity index (χ2n) is 6.31. The first kappa shape index (κ1) is 18.7. The Morgan fingerprint density at radius 2 is 1.73 bits per heavy atom. The molecule has 2 aromatic carbocycles. The van der Waals surface area contributed by atoms with Crippen molar-refractivity contribution >= 4 is 0 Å². The van der Waals surface area contributed by atoms with E-state index in [9.17, 15) is 13.2 Å². The van der Waals surface area contributed by atoms with E-state index in [1.165, 1.54) is 0 Å². The molecular formula is C20H23F3N2O. The van der Waals surface area contributed by atoms with Crippen LogP contribution in [0.3, 0.4) is 0 Å². The van der Waals surface area contributed by atoms with E-state index in [4.69, 9.17) is 4.74 Å². The minimum Gasteiger partial charge on any atom is -0.494 e. The normalized spacial score (nSPS) is 17.1. The molecule has 1 N–H and O–H groups in total. The van der Waals surface area contributed by atoms with Gasteiger partial charge in [-0.3, -0.25) is 4.90 Å². The van der Waals surface area contributed by atoms with Gasteiger partial charge >= 0.3 is 6.18 Å². The van der Waals surface area contributed by atoms with Crippen LogP contribution in [0, 0.1) is 0 Å². The van der Waals surface area contributed by atoms with Crippen molar-refractivity contribution in [2.24, 2.45) is 0 Å². The largest absolute Gasteiger partial charge is 0.494 e. The first-order valence-corrected chi connectivity index (χ1v) is 8.83. The monoisotopic (exact) mass is 364 g/mol. The van der Waals surface area contributed by atoms with Gasteiger partial charge in [0.1, 0.15) is 5.75 Å². The molecule has 140 valence electrons. The fraction of sp³-hybridized carbons (Fsp3) is 0.400. The summed E-state index contributed by atoms with van der Waals surface area (Å²) in [6.07, 6.45) is -4.32. The Balaban J connectivity index is 1.97. The maximum Gasteiger partial charge on any atom is 0.416 e. The lowest BCUT2D eigenvalue weighted by Gasteiger charge is -2.35. The molecule has 1 unspecified atom stereocenters. The molecule has 1 atom stereocenters. The third kappa shape index (κ3) is 4.37. The molecule has 0 radical (unpaired) electrons. The highest BCUT2D eigenvalue weighted by molar-refractivity contribution is 5.38. The number of nitrogens with one attached hydrogen (secondary N) is 1. The molecule has 0 spiro atoms. The van der Waals surface area contributed by atoms with Crippen LogP contribution in [0.25, 0.3) is 0 Å². The van der Waals surface area contributed by atoms with Crippen LogP contribution >= 0.6 is 0 Å². The summed E-state index contributed by atoms with van der Waals surface area (Å²) in [6, 6.07) is 13.2. The Morgan fingerprint density at radius 1 is 1.04 bits per heavy atom. The van der Waals surface area contributed by atoms with Crippen LogP contribution in [0.2, 0.25) is 0 Å². The Kier molecular flexibility index (Phi) is 5.84. The van der Waals surface area contributed by atoms with Crippen molar-refractivity contribution in [3.8, 4) is 5.75 Å². The molecular weight excluding hydrogens is 341 g/mol. The summed E-state index contributed by atoms with van der Waals surface area (Å²) in [6.45, 7) is 5.90. The van der Waals surface area contributed by atoms with E-state index in [0.29, 0.717) is 6.61 Å². The van der Waals surface area contributed by atoms with Gasteiger partial charge in [-0.25, -0.2) is 0 Å². The number of halogens is 3. The van der Waals surface area contributed by atoms with Crippen molar-refractivity contribution < 1.29 is 17.9 Å². The van der Waals surface area contributed by atoms with Gasteiger partial charge in [-0.15, -0.1) is 0 Å². The first-order valence-electron chi connectivity index (χ1n) is 8.83. The molecule has 2 aromatic rings. The van der Waals surface area contributed by atoms with Crippen molar-refractivity contribution in [2.75, 3.05) is 32.8 Å². The summed E-state index contributed by atoms with van der Waals surface area (Å²) in [7, 11) is 0. The SMILES string of the molecule is CCOc1cccc(C(c2ccc(C(F)(F)F)cc2)N2CCNCC2)c1. The lowest BCUT2D eigenvalue weighted by atomic mass is 9.95. The number of ether oxygens (including phenoxy) is 1. The van der Waals surface area contributed by atoms with Gasteiger partial charge in [0.2, 0.25) is 0 Å². The van der Waals surface area contributed by atoms with Crippen LogP contribution in [0.1, 0.15) is 29.7 Å². The molecule has 26 heavy (non-hydrogen) atoms. The van der Waals surface area contributed by atoms with Crippen LogP contribution in [-0.4, -0.2) is 37.7 Å². The summed E-state index contributed by atoms with van der Waals surface area (Å²) >= 11 is 0. The smallest absolute Gasteiger partial charge is 0.416 e. The molecule has 0 amide bonds. The highest BCUT2D eigenvalue weighted by Crippen LogP contribution is 2.34. The number of piperazine rings is 1. The summed E-state index contributed by atoms with van der Waals surface area (Å²) in [4.78, 5) is 2.30. The average molecular weight is 364 g/mol. The van der Waals surface area contributed by atoms with Gasteiger partial charge in [-0.2, -0.15) is 13.2 Å². The zero-order chi connectivity index (χ0) is 18.6. The number of hydrogen-bond acceptors (Lipinski definition) is 3. The molecule has 0 saturated carbocycles. The van der Waals surface area contributed by atoms with Crippen LogP contribution < -0.4 is 10.1 Å². The molecule has 1 aliphatic rings. The predicted molar refractivity (Wildman–Crippen MR) is 95.3 cm³/mol. The summed E-state index contributed by atoms with van der Waals surface area (Å²) in [5.41, 5.74) is 1.26. The standard InChI is InChI=1S/C20H23F3N2O/c1-2-26-18-5-3-4-16(14-18)19(25-12-10-24-11-13-25)15-6-8-17(9-7-15)20(21,22)23/h3-9,14,19,24H,2,10-13H2,1H3. The van der Waals surface area contributed by atoms with E-state index in [2.05, 4.69) is 10.2 Å². The van der Waals surface area contributed by atoms with Gasteiger partial charge in [0.05, 0.1) is 18.2 Å². The number of nitrogens with zero attached hydrogens (tertiary/aromatic N) is 1. The van der Waals surface area contributed by atoms with Gasteiger partial charge in [-0.1, -0.05) is 24.3 Å². The molecule has 0 aliphatic carbocycles. The summed E-state index contributed by atoms with van der Waals surface area (Å²) in [5, 5.41) is 3.32. The summed E-state index contributed by atoms with van der Waals surface area (Å²) < 4.78 is 44.3. The van der Waals surface area contributed by atoms with Crippen molar-refractivity contribution in [1.82, 2.24) is 10.2 Å². The molecule has 0 aromatic heterocycles. The van der Waals surface area contributed by atoms with E-state index in [0.717, 1.165) is 55.2 Å².